The lowest BCUT2D eigenvalue weighted by Crippen LogP contribution is -2.39. The minimum absolute atomic E-state index is 0.166. The first-order valence-electron chi connectivity index (χ1n) is 4.88. The largest absolute Gasteiger partial charge is 0.388 e. The number of carbonyl (C=O) groups is 1. The van der Waals surface area contributed by atoms with Crippen LogP contribution in [0.1, 0.15) is 36.5 Å². The molecule has 0 saturated carbocycles. The maximum absolute atomic E-state index is 11.5. The van der Waals surface area contributed by atoms with Gasteiger partial charge in [-0.2, -0.15) is 0 Å². The van der Waals surface area contributed by atoms with E-state index in [9.17, 15) is 9.90 Å². The number of hydrogen-bond donors (Lipinski definition) is 2. The Morgan fingerprint density at radius 2 is 2.40 bits per heavy atom. The van der Waals surface area contributed by atoms with Crippen molar-refractivity contribution < 1.29 is 14.4 Å². The lowest BCUT2D eigenvalue weighted by atomic mass is 10.0. The summed E-state index contributed by atoms with van der Waals surface area (Å²) < 4.78 is 4.78. The first-order valence-corrected chi connectivity index (χ1v) is 4.88. The minimum atomic E-state index is -0.884. The summed E-state index contributed by atoms with van der Waals surface area (Å²) in [6, 6.07) is 1.55. The van der Waals surface area contributed by atoms with Crippen LogP contribution < -0.4 is 5.32 Å². The van der Waals surface area contributed by atoms with Gasteiger partial charge in [0.25, 0.3) is 5.91 Å². The molecule has 5 nitrogen and oxygen atoms in total. The second kappa shape index (κ2) is 4.44. The lowest BCUT2D eigenvalue weighted by Gasteiger charge is -2.20. The maximum Gasteiger partial charge on any atom is 0.290 e. The summed E-state index contributed by atoms with van der Waals surface area (Å²) in [6.45, 7) is 5.45. The van der Waals surface area contributed by atoms with Crippen molar-refractivity contribution in [1.29, 1.82) is 0 Å². The molecule has 15 heavy (non-hydrogen) atoms. The average Bonchev–Trinajstić information content (AvgIpc) is 2.61. The SMILES string of the molecule is CCC(C)(O)CNC(=O)c1cc(C)no1. The van der Waals surface area contributed by atoms with Crippen molar-refractivity contribution in [3.05, 3.63) is 17.5 Å². The third kappa shape index (κ3) is 3.36. The van der Waals surface area contributed by atoms with E-state index in [0.29, 0.717) is 12.1 Å². The van der Waals surface area contributed by atoms with E-state index in [1.165, 1.54) is 0 Å². The minimum Gasteiger partial charge on any atom is -0.388 e. The fourth-order valence-corrected chi connectivity index (χ4v) is 0.953. The smallest absolute Gasteiger partial charge is 0.290 e. The molecule has 0 radical (unpaired) electrons. The summed E-state index contributed by atoms with van der Waals surface area (Å²) >= 11 is 0. The van der Waals surface area contributed by atoms with Gasteiger partial charge >= 0.3 is 0 Å². The maximum atomic E-state index is 11.5. The number of nitrogens with zero attached hydrogens (tertiary/aromatic N) is 1. The van der Waals surface area contributed by atoms with Crippen LogP contribution in [0.3, 0.4) is 0 Å². The number of nitrogens with one attached hydrogen (secondary N) is 1. The molecule has 0 saturated heterocycles. The number of rotatable bonds is 4. The van der Waals surface area contributed by atoms with Crippen molar-refractivity contribution in [3.8, 4) is 0 Å². The van der Waals surface area contributed by atoms with Crippen molar-refractivity contribution in [3.63, 3.8) is 0 Å². The second-order valence-electron chi connectivity index (χ2n) is 3.87. The molecule has 84 valence electrons. The topological polar surface area (TPSA) is 75.4 Å². The Hall–Kier alpha value is -1.36. The summed E-state index contributed by atoms with van der Waals surface area (Å²) in [5, 5.41) is 15.8. The highest BCUT2D eigenvalue weighted by Gasteiger charge is 2.20. The molecule has 0 fully saturated rings. The summed E-state index contributed by atoms with van der Waals surface area (Å²) in [5.41, 5.74) is -0.229. The normalized spacial score (nSPS) is 14.7. The predicted octanol–water partition coefficient (Wildman–Crippen LogP) is 0.874. The Bertz CT molecular complexity index is 344. The van der Waals surface area contributed by atoms with Gasteiger partial charge < -0.3 is 14.9 Å². The molecule has 0 aliphatic carbocycles. The summed E-state index contributed by atoms with van der Waals surface area (Å²) in [6.07, 6.45) is 0.572. The molecule has 0 spiro atoms. The van der Waals surface area contributed by atoms with Crippen LogP contribution in [0.4, 0.5) is 0 Å². The molecular formula is C10H16N2O3. The highest BCUT2D eigenvalue weighted by molar-refractivity contribution is 5.91. The Kier molecular flexibility index (Phi) is 3.47. The number of carbonyl (C=O) groups excluding carboxylic acids is 1. The van der Waals surface area contributed by atoms with E-state index in [1.54, 1.807) is 19.9 Å². The molecule has 2 N–H and O–H groups in total. The monoisotopic (exact) mass is 212 g/mol. The molecular weight excluding hydrogens is 196 g/mol. The van der Waals surface area contributed by atoms with E-state index >= 15 is 0 Å². The molecule has 1 aromatic rings. The van der Waals surface area contributed by atoms with E-state index in [2.05, 4.69) is 10.5 Å². The van der Waals surface area contributed by atoms with E-state index in [-0.39, 0.29) is 18.2 Å². The van der Waals surface area contributed by atoms with Gasteiger partial charge in [-0.1, -0.05) is 12.1 Å². The van der Waals surface area contributed by atoms with Gasteiger partial charge in [0.05, 0.1) is 11.3 Å². The van der Waals surface area contributed by atoms with Gasteiger partial charge in [-0.15, -0.1) is 0 Å². The fourth-order valence-electron chi connectivity index (χ4n) is 0.953. The zero-order valence-electron chi connectivity index (χ0n) is 9.20. The predicted molar refractivity (Wildman–Crippen MR) is 54.5 cm³/mol. The molecule has 1 aromatic heterocycles. The van der Waals surface area contributed by atoms with Crippen molar-refractivity contribution in [2.24, 2.45) is 0 Å². The number of amides is 1. The van der Waals surface area contributed by atoms with Crippen LogP contribution in [0.5, 0.6) is 0 Å². The van der Waals surface area contributed by atoms with Crippen LogP contribution in [0.15, 0.2) is 10.6 Å². The zero-order valence-corrected chi connectivity index (χ0v) is 9.20. The van der Waals surface area contributed by atoms with Crippen molar-refractivity contribution in [2.75, 3.05) is 6.54 Å². The first kappa shape index (κ1) is 11.7. The Morgan fingerprint density at radius 3 is 2.87 bits per heavy atom. The third-order valence-electron chi connectivity index (χ3n) is 2.24. The van der Waals surface area contributed by atoms with Gasteiger partial charge in [0.1, 0.15) is 0 Å². The highest BCUT2D eigenvalue weighted by atomic mass is 16.5. The van der Waals surface area contributed by atoms with Crippen LogP contribution in [-0.2, 0) is 0 Å². The van der Waals surface area contributed by atoms with Gasteiger partial charge in [-0.05, 0) is 20.3 Å². The van der Waals surface area contributed by atoms with Crippen molar-refractivity contribution in [1.82, 2.24) is 10.5 Å². The Labute approximate surface area is 88.5 Å². The highest BCUT2D eigenvalue weighted by Crippen LogP contribution is 2.07. The van der Waals surface area contributed by atoms with Gasteiger partial charge in [0.15, 0.2) is 0 Å². The van der Waals surface area contributed by atoms with Crippen LogP contribution in [0.2, 0.25) is 0 Å². The molecule has 1 heterocycles. The number of hydrogen-bond acceptors (Lipinski definition) is 4. The van der Waals surface area contributed by atoms with Crippen LogP contribution in [-0.4, -0.2) is 28.3 Å². The van der Waals surface area contributed by atoms with Crippen LogP contribution in [0, 0.1) is 6.92 Å². The first-order chi connectivity index (χ1) is 6.94. The van der Waals surface area contributed by atoms with E-state index < -0.39 is 5.60 Å². The van der Waals surface area contributed by atoms with Crippen LogP contribution in [0.25, 0.3) is 0 Å². The molecule has 0 aliphatic rings. The van der Waals surface area contributed by atoms with E-state index in [0.717, 1.165) is 0 Å². The summed E-state index contributed by atoms with van der Waals surface area (Å²) in [5.74, 6) is -0.191. The average molecular weight is 212 g/mol. The van der Waals surface area contributed by atoms with Gasteiger partial charge in [-0.3, -0.25) is 4.79 Å². The van der Waals surface area contributed by atoms with Gasteiger partial charge in [-0.25, -0.2) is 0 Å². The number of aryl methyl sites for hydroxylation is 1. The second-order valence-corrected chi connectivity index (χ2v) is 3.87. The molecule has 1 rings (SSSR count). The Morgan fingerprint density at radius 1 is 1.73 bits per heavy atom. The molecule has 0 bridgehead atoms. The fraction of sp³-hybridized carbons (Fsp3) is 0.600. The van der Waals surface area contributed by atoms with Gasteiger partial charge in [0, 0.05) is 12.6 Å². The van der Waals surface area contributed by atoms with Crippen LogP contribution >= 0.6 is 0 Å². The number of aromatic nitrogens is 1. The van der Waals surface area contributed by atoms with Gasteiger partial charge in [0.2, 0.25) is 5.76 Å². The summed E-state index contributed by atoms with van der Waals surface area (Å²) in [7, 11) is 0. The van der Waals surface area contributed by atoms with E-state index in [4.69, 9.17) is 4.52 Å². The molecule has 1 amide bonds. The third-order valence-corrected chi connectivity index (χ3v) is 2.24. The Balaban J connectivity index is 2.50. The molecule has 1 atom stereocenters. The van der Waals surface area contributed by atoms with Crippen molar-refractivity contribution >= 4 is 5.91 Å². The van der Waals surface area contributed by atoms with Crippen molar-refractivity contribution in [2.45, 2.75) is 32.8 Å². The molecule has 5 heteroatoms. The summed E-state index contributed by atoms with van der Waals surface area (Å²) in [4.78, 5) is 11.5. The van der Waals surface area contributed by atoms with E-state index in [1.807, 2.05) is 6.92 Å². The zero-order chi connectivity index (χ0) is 11.5. The standard InChI is InChI=1S/C10H16N2O3/c1-4-10(3,14)6-11-9(13)8-5-7(2)12-15-8/h5,14H,4,6H2,1-3H3,(H,11,13). The molecule has 1 unspecified atom stereocenters. The molecule has 0 aromatic carbocycles. The molecule has 0 aliphatic heterocycles. The number of aliphatic hydroxyl groups is 1. The quantitative estimate of drug-likeness (QED) is 0.776. The lowest BCUT2D eigenvalue weighted by molar-refractivity contribution is 0.0509.